The van der Waals surface area contributed by atoms with Gasteiger partial charge in [-0.2, -0.15) is 0 Å². The Hall–Kier alpha value is -2.29. The third-order valence-corrected chi connectivity index (χ3v) is 4.65. The predicted octanol–water partition coefficient (Wildman–Crippen LogP) is 3.61. The van der Waals surface area contributed by atoms with Crippen molar-refractivity contribution in [2.75, 3.05) is 13.2 Å². The summed E-state index contributed by atoms with van der Waals surface area (Å²) >= 11 is 0. The molecule has 0 radical (unpaired) electrons. The molecule has 0 bridgehead atoms. The number of fused-ring (bicyclic) bond motifs is 1. The second-order valence-corrected chi connectivity index (χ2v) is 6.40. The van der Waals surface area contributed by atoms with Crippen molar-refractivity contribution in [3.63, 3.8) is 0 Å². The first-order valence-corrected chi connectivity index (χ1v) is 8.79. The van der Waals surface area contributed by atoms with Gasteiger partial charge in [-0.25, -0.2) is 0 Å². The highest BCUT2D eigenvalue weighted by Gasteiger charge is 2.13. The molecule has 1 amide bonds. The topological polar surface area (TPSA) is 38.3 Å². The van der Waals surface area contributed by atoms with Crippen LogP contribution >= 0.6 is 0 Å². The van der Waals surface area contributed by atoms with Crippen molar-refractivity contribution in [2.45, 2.75) is 39.0 Å². The molecule has 2 aromatic rings. The van der Waals surface area contributed by atoms with Gasteiger partial charge in [0.15, 0.2) is 0 Å². The van der Waals surface area contributed by atoms with E-state index in [1.54, 1.807) is 0 Å². The molecule has 0 unspecified atom stereocenters. The number of carbonyl (C=O) groups is 1. The van der Waals surface area contributed by atoms with Gasteiger partial charge in [0.2, 0.25) is 5.91 Å². The highest BCUT2D eigenvalue weighted by Crippen LogP contribution is 2.29. The van der Waals surface area contributed by atoms with Gasteiger partial charge in [0.25, 0.3) is 0 Å². The van der Waals surface area contributed by atoms with E-state index in [9.17, 15) is 4.79 Å². The van der Waals surface area contributed by atoms with Crippen LogP contribution in [-0.4, -0.2) is 19.1 Å². The van der Waals surface area contributed by atoms with Gasteiger partial charge in [0.1, 0.15) is 12.4 Å². The summed E-state index contributed by atoms with van der Waals surface area (Å²) in [6, 6.07) is 14.3. The lowest BCUT2D eigenvalue weighted by Crippen LogP contribution is -2.29. The second-order valence-electron chi connectivity index (χ2n) is 6.40. The van der Waals surface area contributed by atoms with Gasteiger partial charge in [-0.1, -0.05) is 36.4 Å². The van der Waals surface area contributed by atoms with Crippen LogP contribution in [0.5, 0.6) is 5.75 Å². The lowest BCUT2D eigenvalue weighted by atomic mass is 9.91. The average Bonchev–Trinajstić information content (AvgIpc) is 2.61. The van der Waals surface area contributed by atoms with Gasteiger partial charge in [0.05, 0.1) is 13.0 Å². The van der Waals surface area contributed by atoms with Crippen LogP contribution in [0.2, 0.25) is 0 Å². The molecule has 1 aliphatic rings. The van der Waals surface area contributed by atoms with Gasteiger partial charge >= 0.3 is 0 Å². The molecular formula is C21H25NO2. The molecule has 0 atom stereocenters. The van der Waals surface area contributed by atoms with Crippen molar-refractivity contribution < 1.29 is 9.53 Å². The number of aryl methyl sites for hydroxylation is 2. The minimum atomic E-state index is 0.0444. The molecule has 0 aliphatic heterocycles. The molecular weight excluding hydrogens is 298 g/mol. The molecule has 3 heteroatoms. The first-order valence-electron chi connectivity index (χ1n) is 8.79. The minimum absolute atomic E-state index is 0.0444. The van der Waals surface area contributed by atoms with E-state index >= 15 is 0 Å². The Kier molecular flexibility index (Phi) is 5.52. The van der Waals surface area contributed by atoms with Crippen LogP contribution in [0, 0.1) is 6.92 Å². The van der Waals surface area contributed by atoms with Gasteiger partial charge in [-0.05, 0) is 60.9 Å². The fourth-order valence-corrected chi connectivity index (χ4v) is 3.28. The Morgan fingerprint density at radius 1 is 1.08 bits per heavy atom. The zero-order valence-electron chi connectivity index (χ0n) is 14.3. The smallest absolute Gasteiger partial charge is 0.224 e. The lowest BCUT2D eigenvalue weighted by Gasteiger charge is -2.19. The van der Waals surface area contributed by atoms with Crippen LogP contribution in [0.1, 0.15) is 35.1 Å². The summed E-state index contributed by atoms with van der Waals surface area (Å²) in [6.45, 7) is 3.08. The summed E-state index contributed by atoms with van der Waals surface area (Å²) in [5.74, 6) is 1.03. The zero-order valence-corrected chi connectivity index (χ0v) is 14.3. The maximum Gasteiger partial charge on any atom is 0.224 e. The van der Waals surface area contributed by atoms with Crippen LogP contribution in [-0.2, 0) is 24.1 Å². The minimum Gasteiger partial charge on any atom is -0.491 e. The van der Waals surface area contributed by atoms with E-state index in [1.807, 2.05) is 37.3 Å². The molecule has 0 fully saturated rings. The quantitative estimate of drug-likeness (QED) is 0.825. The fraction of sp³-hybridized carbons (Fsp3) is 0.381. The lowest BCUT2D eigenvalue weighted by molar-refractivity contribution is -0.120. The van der Waals surface area contributed by atoms with E-state index < -0.39 is 0 Å². The summed E-state index contributed by atoms with van der Waals surface area (Å²) in [5, 5.41) is 2.94. The maximum absolute atomic E-state index is 12.0. The Morgan fingerprint density at radius 2 is 1.92 bits per heavy atom. The number of carbonyl (C=O) groups excluding carboxylic acids is 1. The van der Waals surface area contributed by atoms with Crippen LogP contribution in [0.3, 0.4) is 0 Å². The number of rotatable bonds is 6. The molecule has 1 aliphatic carbocycles. The van der Waals surface area contributed by atoms with Crippen molar-refractivity contribution in [3.8, 4) is 5.75 Å². The van der Waals surface area contributed by atoms with Crippen molar-refractivity contribution >= 4 is 5.91 Å². The third-order valence-electron chi connectivity index (χ3n) is 4.65. The van der Waals surface area contributed by atoms with E-state index in [4.69, 9.17) is 4.74 Å². The van der Waals surface area contributed by atoms with Gasteiger partial charge in [0, 0.05) is 0 Å². The van der Waals surface area contributed by atoms with E-state index in [2.05, 4.69) is 17.4 Å². The number of amides is 1. The van der Waals surface area contributed by atoms with Crippen LogP contribution < -0.4 is 10.1 Å². The maximum atomic E-state index is 12.0. The number of ether oxygens (including phenoxy) is 1. The number of benzene rings is 2. The predicted molar refractivity (Wildman–Crippen MR) is 96.5 cm³/mol. The van der Waals surface area contributed by atoms with Gasteiger partial charge in [-0.3, -0.25) is 4.79 Å². The monoisotopic (exact) mass is 323 g/mol. The van der Waals surface area contributed by atoms with Gasteiger partial charge < -0.3 is 10.1 Å². The first kappa shape index (κ1) is 16.6. The standard InChI is InChI=1S/C21H25NO2/c1-16-7-2-3-9-18(16)15-21(23)22-13-14-24-20-12-6-10-17-8-4-5-11-19(17)20/h2-3,6-7,9-10,12H,4-5,8,11,13-15H2,1H3,(H,22,23). The number of hydrogen-bond donors (Lipinski definition) is 1. The third kappa shape index (κ3) is 4.16. The molecule has 3 nitrogen and oxygen atoms in total. The molecule has 1 N–H and O–H groups in total. The van der Waals surface area contributed by atoms with Crippen LogP contribution in [0.15, 0.2) is 42.5 Å². The highest BCUT2D eigenvalue weighted by atomic mass is 16.5. The molecule has 126 valence electrons. The summed E-state index contributed by atoms with van der Waals surface area (Å²) in [5.41, 5.74) is 5.00. The van der Waals surface area contributed by atoms with Crippen LogP contribution in [0.4, 0.5) is 0 Å². The Morgan fingerprint density at radius 3 is 2.79 bits per heavy atom. The van der Waals surface area contributed by atoms with Crippen molar-refractivity contribution in [2.24, 2.45) is 0 Å². The molecule has 0 heterocycles. The second kappa shape index (κ2) is 8.00. The molecule has 3 rings (SSSR count). The Bertz CT molecular complexity index is 709. The average molecular weight is 323 g/mol. The summed E-state index contributed by atoms with van der Waals surface area (Å²) < 4.78 is 5.91. The van der Waals surface area contributed by atoms with E-state index in [1.165, 1.54) is 24.0 Å². The molecule has 2 aromatic carbocycles. The summed E-state index contributed by atoms with van der Waals surface area (Å²) in [6.07, 6.45) is 5.18. The van der Waals surface area contributed by atoms with Crippen molar-refractivity contribution in [1.82, 2.24) is 5.32 Å². The largest absolute Gasteiger partial charge is 0.491 e. The first-order chi connectivity index (χ1) is 11.7. The Balaban J connectivity index is 1.46. The SMILES string of the molecule is Cc1ccccc1CC(=O)NCCOc1cccc2c1CCCC2. The molecule has 0 aromatic heterocycles. The molecule has 0 saturated heterocycles. The molecule has 0 spiro atoms. The fourth-order valence-electron chi connectivity index (χ4n) is 3.28. The van der Waals surface area contributed by atoms with Crippen molar-refractivity contribution in [1.29, 1.82) is 0 Å². The normalized spacial score (nSPS) is 13.2. The number of hydrogen-bond acceptors (Lipinski definition) is 2. The molecule has 0 saturated carbocycles. The van der Waals surface area contributed by atoms with Crippen molar-refractivity contribution in [3.05, 3.63) is 64.7 Å². The number of nitrogens with one attached hydrogen (secondary N) is 1. The Labute approximate surface area is 144 Å². The molecule has 24 heavy (non-hydrogen) atoms. The van der Waals surface area contributed by atoms with Gasteiger partial charge in [-0.15, -0.1) is 0 Å². The van der Waals surface area contributed by atoms with E-state index in [-0.39, 0.29) is 5.91 Å². The highest BCUT2D eigenvalue weighted by molar-refractivity contribution is 5.78. The van der Waals surface area contributed by atoms with Crippen LogP contribution in [0.25, 0.3) is 0 Å². The van der Waals surface area contributed by atoms with E-state index in [0.717, 1.165) is 29.7 Å². The summed E-state index contributed by atoms with van der Waals surface area (Å²) in [4.78, 5) is 12.0. The summed E-state index contributed by atoms with van der Waals surface area (Å²) in [7, 11) is 0. The zero-order chi connectivity index (χ0) is 16.8. The van der Waals surface area contributed by atoms with E-state index in [0.29, 0.717) is 19.6 Å².